The van der Waals surface area contributed by atoms with E-state index in [4.69, 9.17) is 4.74 Å². The Kier molecular flexibility index (Phi) is 1.42. The summed E-state index contributed by atoms with van der Waals surface area (Å²) in [4.78, 5) is 7.27. The maximum Gasteiger partial charge on any atom is 0.233 e. The highest BCUT2D eigenvalue weighted by Gasteiger charge is 2.16. The first kappa shape index (κ1) is 6.46. The van der Waals surface area contributed by atoms with Crippen molar-refractivity contribution in [1.82, 2.24) is 4.98 Å². The Morgan fingerprint density at radius 1 is 1.73 bits per heavy atom. The molecule has 1 N–H and O–H groups in total. The number of rotatable bonds is 1. The number of hydrogen-bond acceptors (Lipinski definition) is 2. The van der Waals surface area contributed by atoms with Gasteiger partial charge in [-0.25, -0.2) is 4.99 Å². The lowest BCUT2D eigenvalue weighted by atomic mass is 10.4. The van der Waals surface area contributed by atoms with Crippen LogP contribution in [0.1, 0.15) is 12.6 Å². The number of aromatic nitrogens is 1. The van der Waals surface area contributed by atoms with Gasteiger partial charge in [0.15, 0.2) is 0 Å². The zero-order valence-corrected chi connectivity index (χ0v) is 6.37. The Bertz CT molecular complexity index is 264. The summed E-state index contributed by atoms with van der Waals surface area (Å²) >= 11 is 0. The third-order valence-corrected chi connectivity index (χ3v) is 1.63. The number of H-pyrrole nitrogens is 1. The molecule has 0 saturated carbocycles. The molecule has 1 atom stereocenters. The van der Waals surface area contributed by atoms with E-state index in [2.05, 4.69) is 9.98 Å². The van der Waals surface area contributed by atoms with Crippen LogP contribution in [0.25, 0.3) is 0 Å². The van der Waals surface area contributed by atoms with Crippen molar-refractivity contribution in [3.63, 3.8) is 0 Å². The van der Waals surface area contributed by atoms with E-state index >= 15 is 0 Å². The standard InChI is InChI=1S/C8H10N2O/c1-6-5-10-8(11-6)7-3-2-4-9-7/h2-4,6,9H,5H2,1H3. The Morgan fingerprint density at radius 3 is 3.18 bits per heavy atom. The lowest BCUT2D eigenvalue weighted by molar-refractivity contribution is 0.246. The Labute approximate surface area is 65.1 Å². The Hall–Kier alpha value is -1.25. The molecule has 1 aliphatic heterocycles. The molecule has 1 unspecified atom stereocenters. The van der Waals surface area contributed by atoms with E-state index in [1.165, 1.54) is 0 Å². The lowest BCUT2D eigenvalue weighted by Crippen LogP contribution is -2.08. The predicted molar refractivity (Wildman–Crippen MR) is 42.7 cm³/mol. The van der Waals surface area contributed by atoms with Crippen molar-refractivity contribution in [1.29, 1.82) is 0 Å². The normalized spacial score (nSPS) is 23.0. The molecule has 2 rings (SSSR count). The summed E-state index contributed by atoms with van der Waals surface area (Å²) in [6, 6.07) is 3.89. The quantitative estimate of drug-likeness (QED) is 0.641. The monoisotopic (exact) mass is 150 g/mol. The molecule has 1 aromatic heterocycles. The van der Waals surface area contributed by atoms with Gasteiger partial charge >= 0.3 is 0 Å². The minimum atomic E-state index is 0.230. The summed E-state index contributed by atoms with van der Waals surface area (Å²) in [6.45, 7) is 2.79. The number of nitrogens with one attached hydrogen (secondary N) is 1. The van der Waals surface area contributed by atoms with Gasteiger partial charge in [-0.15, -0.1) is 0 Å². The molecular weight excluding hydrogens is 140 g/mol. The maximum absolute atomic E-state index is 5.42. The average Bonchev–Trinajstić information content (AvgIpc) is 2.55. The van der Waals surface area contributed by atoms with Crippen molar-refractivity contribution in [2.24, 2.45) is 4.99 Å². The number of nitrogens with zero attached hydrogens (tertiary/aromatic N) is 1. The molecule has 3 heteroatoms. The molecule has 1 aliphatic rings. The molecule has 0 bridgehead atoms. The van der Waals surface area contributed by atoms with E-state index in [9.17, 15) is 0 Å². The molecule has 0 saturated heterocycles. The van der Waals surface area contributed by atoms with Crippen LogP contribution in [0.4, 0.5) is 0 Å². The van der Waals surface area contributed by atoms with Crippen molar-refractivity contribution in [3.05, 3.63) is 24.0 Å². The summed E-state index contributed by atoms with van der Waals surface area (Å²) in [5.74, 6) is 0.738. The third kappa shape index (κ3) is 1.13. The summed E-state index contributed by atoms with van der Waals surface area (Å²) in [5, 5.41) is 0. The first-order chi connectivity index (χ1) is 5.36. The van der Waals surface area contributed by atoms with E-state index < -0.39 is 0 Å². The number of hydrogen-bond donors (Lipinski definition) is 1. The van der Waals surface area contributed by atoms with Crippen molar-refractivity contribution in [3.8, 4) is 0 Å². The highest BCUT2D eigenvalue weighted by molar-refractivity contribution is 5.93. The van der Waals surface area contributed by atoms with Gasteiger partial charge in [0.05, 0.1) is 6.54 Å². The van der Waals surface area contributed by atoms with E-state index in [1.54, 1.807) is 0 Å². The van der Waals surface area contributed by atoms with Crippen LogP contribution in [-0.2, 0) is 4.74 Å². The SMILES string of the molecule is CC1CN=C(c2ccc[nH]2)O1. The minimum absolute atomic E-state index is 0.230. The zero-order valence-electron chi connectivity index (χ0n) is 6.37. The van der Waals surface area contributed by atoms with Crippen molar-refractivity contribution >= 4 is 5.90 Å². The summed E-state index contributed by atoms with van der Waals surface area (Å²) < 4.78 is 5.42. The van der Waals surface area contributed by atoms with E-state index in [1.807, 2.05) is 25.3 Å². The second kappa shape index (κ2) is 2.42. The van der Waals surface area contributed by atoms with Gasteiger partial charge in [-0.05, 0) is 19.1 Å². The molecule has 58 valence electrons. The molecule has 1 aromatic rings. The van der Waals surface area contributed by atoms with Gasteiger partial charge in [-0.3, -0.25) is 0 Å². The van der Waals surface area contributed by atoms with Crippen LogP contribution in [0.15, 0.2) is 23.3 Å². The number of aliphatic imine (C=N–C) groups is 1. The summed E-state index contributed by atoms with van der Waals surface area (Å²) in [7, 11) is 0. The molecule has 0 radical (unpaired) electrons. The maximum atomic E-state index is 5.42. The first-order valence-corrected chi connectivity index (χ1v) is 3.71. The lowest BCUT2D eigenvalue weighted by Gasteiger charge is -2.02. The fourth-order valence-electron chi connectivity index (χ4n) is 1.09. The summed E-state index contributed by atoms with van der Waals surface area (Å²) in [5.41, 5.74) is 0.967. The van der Waals surface area contributed by atoms with Gasteiger partial charge in [-0.2, -0.15) is 0 Å². The smallest absolute Gasteiger partial charge is 0.233 e. The molecule has 0 aromatic carbocycles. The van der Waals surface area contributed by atoms with Crippen LogP contribution in [0.3, 0.4) is 0 Å². The van der Waals surface area contributed by atoms with Crippen LogP contribution < -0.4 is 0 Å². The minimum Gasteiger partial charge on any atom is -0.471 e. The molecule has 0 amide bonds. The van der Waals surface area contributed by atoms with E-state index in [0.29, 0.717) is 0 Å². The molecule has 0 spiro atoms. The molecule has 11 heavy (non-hydrogen) atoms. The number of ether oxygens (including phenoxy) is 1. The van der Waals surface area contributed by atoms with Gasteiger partial charge in [0.25, 0.3) is 0 Å². The number of aromatic amines is 1. The zero-order chi connectivity index (χ0) is 7.68. The van der Waals surface area contributed by atoms with E-state index in [-0.39, 0.29) is 6.10 Å². The topological polar surface area (TPSA) is 37.4 Å². The Morgan fingerprint density at radius 2 is 2.64 bits per heavy atom. The average molecular weight is 150 g/mol. The summed E-state index contributed by atoms with van der Waals surface area (Å²) in [6.07, 6.45) is 2.10. The highest BCUT2D eigenvalue weighted by atomic mass is 16.5. The van der Waals surface area contributed by atoms with Crippen LogP contribution in [0, 0.1) is 0 Å². The van der Waals surface area contributed by atoms with Crippen LogP contribution >= 0.6 is 0 Å². The van der Waals surface area contributed by atoms with E-state index in [0.717, 1.165) is 18.1 Å². The molecule has 3 nitrogen and oxygen atoms in total. The fraction of sp³-hybridized carbons (Fsp3) is 0.375. The molecule has 2 heterocycles. The van der Waals surface area contributed by atoms with Gasteiger partial charge in [-0.1, -0.05) is 0 Å². The van der Waals surface area contributed by atoms with Crippen molar-refractivity contribution in [2.75, 3.05) is 6.54 Å². The predicted octanol–water partition coefficient (Wildman–Crippen LogP) is 1.18. The largest absolute Gasteiger partial charge is 0.471 e. The third-order valence-electron chi connectivity index (χ3n) is 1.63. The van der Waals surface area contributed by atoms with Gasteiger partial charge in [0, 0.05) is 6.20 Å². The van der Waals surface area contributed by atoms with Crippen LogP contribution in [0.2, 0.25) is 0 Å². The molecule has 0 fully saturated rings. The van der Waals surface area contributed by atoms with Crippen molar-refractivity contribution in [2.45, 2.75) is 13.0 Å². The highest BCUT2D eigenvalue weighted by Crippen LogP contribution is 2.09. The molecule has 0 aliphatic carbocycles. The molecular formula is C8H10N2O. The second-order valence-electron chi connectivity index (χ2n) is 2.66. The second-order valence-corrected chi connectivity index (χ2v) is 2.66. The van der Waals surface area contributed by atoms with Gasteiger partial charge in [0.2, 0.25) is 5.90 Å². The van der Waals surface area contributed by atoms with Crippen LogP contribution in [0.5, 0.6) is 0 Å². The van der Waals surface area contributed by atoms with Crippen molar-refractivity contribution < 1.29 is 4.74 Å². The Balaban J connectivity index is 2.19. The van der Waals surface area contributed by atoms with Crippen LogP contribution in [-0.4, -0.2) is 23.5 Å². The fourth-order valence-corrected chi connectivity index (χ4v) is 1.09. The first-order valence-electron chi connectivity index (χ1n) is 3.71. The van der Waals surface area contributed by atoms with Gasteiger partial charge < -0.3 is 9.72 Å². The van der Waals surface area contributed by atoms with Gasteiger partial charge in [0.1, 0.15) is 11.8 Å².